The maximum Gasteiger partial charge on any atom is 0.0740 e. The van der Waals surface area contributed by atoms with Gasteiger partial charge in [-0.2, -0.15) is 0 Å². The fraction of sp³-hybridized carbons (Fsp3) is 0.471. The normalized spacial score (nSPS) is 11.4. The predicted molar refractivity (Wildman–Crippen MR) is 82.6 cm³/mol. The van der Waals surface area contributed by atoms with E-state index in [4.69, 9.17) is 4.98 Å². The molecule has 1 N–H and O–H groups in total. The van der Waals surface area contributed by atoms with Crippen LogP contribution in [-0.4, -0.2) is 11.5 Å². The zero-order valence-electron chi connectivity index (χ0n) is 12.5. The van der Waals surface area contributed by atoms with Crippen molar-refractivity contribution in [3.8, 4) is 0 Å². The summed E-state index contributed by atoms with van der Waals surface area (Å²) in [4.78, 5) is 4.89. The minimum absolute atomic E-state index is 0.467. The number of hydrogen-bond donors (Lipinski definition) is 1. The van der Waals surface area contributed by atoms with Gasteiger partial charge < -0.3 is 5.32 Å². The van der Waals surface area contributed by atoms with Crippen molar-refractivity contribution in [3.05, 3.63) is 41.1 Å². The molecule has 0 aliphatic carbocycles. The van der Waals surface area contributed by atoms with Crippen molar-refractivity contribution in [2.75, 3.05) is 6.54 Å². The van der Waals surface area contributed by atoms with Gasteiger partial charge in [-0.1, -0.05) is 45.9 Å². The van der Waals surface area contributed by atoms with Gasteiger partial charge in [0.05, 0.1) is 5.52 Å². The summed E-state index contributed by atoms with van der Waals surface area (Å²) in [6, 6.07) is 8.79. The zero-order valence-corrected chi connectivity index (χ0v) is 12.5. The Labute approximate surface area is 116 Å². The monoisotopic (exact) mass is 256 g/mol. The molecule has 2 nitrogen and oxygen atoms in total. The Bertz CT molecular complexity index is 558. The van der Waals surface area contributed by atoms with Crippen LogP contribution in [0.3, 0.4) is 0 Å². The van der Waals surface area contributed by atoms with Gasteiger partial charge in [-0.15, -0.1) is 0 Å². The molecule has 0 atom stereocenters. The van der Waals surface area contributed by atoms with E-state index in [1.807, 2.05) is 0 Å². The first-order valence-corrected chi connectivity index (χ1v) is 7.29. The van der Waals surface area contributed by atoms with Gasteiger partial charge >= 0.3 is 0 Å². The average molecular weight is 256 g/mol. The molecule has 0 aliphatic rings. The van der Waals surface area contributed by atoms with Gasteiger partial charge in [0.1, 0.15) is 0 Å². The van der Waals surface area contributed by atoms with Gasteiger partial charge in [0.15, 0.2) is 0 Å². The summed E-state index contributed by atoms with van der Waals surface area (Å²) in [6.07, 6.45) is 1.03. The highest BCUT2D eigenvalue weighted by Gasteiger charge is 2.10. The highest BCUT2D eigenvalue weighted by atomic mass is 14.8. The van der Waals surface area contributed by atoms with Gasteiger partial charge in [0.25, 0.3) is 0 Å². The lowest BCUT2D eigenvalue weighted by molar-refractivity contribution is 0.725. The first-order valence-electron chi connectivity index (χ1n) is 7.29. The van der Waals surface area contributed by atoms with Crippen LogP contribution in [0.4, 0.5) is 0 Å². The summed E-state index contributed by atoms with van der Waals surface area (Å²) in [6.45, 7) is 10.7. The van der Waals surface area contributed by atoms with Crippen LogP contribution in [0, 0.1) is 0 Å². The fourth-order valence-corrected chi connectivity index (χ4v) is 2.39. The summed E-state index contributed by atoms with van der Waals surface area (Å²) >= 11 is 0. The summed E-state index contributed by atoms with van der Waals surface area (Å²) in [5.41, 5.74) is 5.09. The van der Waals surface area contributed by atoms with Crippen LogP contribution in [0.25, 0.3) is 10.9 Å². The van der Waals surface area contributed by atoms with Gasteiger partial charge in [-0.25, -0.2) is 0 Å². The molecule has 0 radical (unpaired) electrons. The molecular formula is C17H24N2. The van der Waals surface area contributed by atoms with E-state index in [-0.39, 0.29) is 0 Å². The number of benzene rings is 1. The summed E-state index contributed by atoms with van der Waals surface area (Å²) in [7, 11) is 0. The second-order valence-electron chi connectivity index (χ2n) is 5.31. The van der Waals surface area contributed by atoms with E-state index in [0.29, 0.717) is 5.92 Å². The van der Waals surface area contributed by atoms with Crippen molar-refractivity contribution >= 4 is 10.9 Å². The van der Waals surface area contributed by atoms with Crippen LogP contribution >= 0.6 is 0 Å². The zero-order chi connectivity index (χ0) is 13.8. The molecule has 19 heavy (non-hydrogen) atoms. The lowest BCUT2D eigenvalue weighted by Crippen LogP contribution is -2.13. The lowest BCUT2D eigenvalue weighted by atomic mass is 9.99. The van der Waals surface area contributed by atoms with Crippen LogP contribution in [-0.2, 0) is 13.0 Å². The number of fused-ring (bicyclic) bond motifs is 1. The topological polar surface area (TPSA) is 24.9 Å². The smallest absolute Gasteiger partial charge is 0.0740 e. The fourth-order valence-electron chi connectivity index (χ4n) is 2.39. The third-order valence-corrected chi connectivity index (χ3v) is 3.57. The molecule has 0 aliphatic heterocycles. The third kappa shape index (κ3) is 2.95. The lowest BCUT2D eigenvalue weighted by Gasteiger charge is -2.14. The van der Waals surface area contributed by atoms with E-state index < -0.39 is 0 Å². The van der Waals surface area contributed by atoms with Crippen molar-refractivity contribution in [1.29, 1.82) is 0 Å². The van der Waals surface area contributed by atoms with Crippen LogP contribution in [0.2, 0.25) is 0 Å². The highest BCUT2D eigenvalue weighted by molar-refractivity contribution is 5.85. The Kier molecular flexibility index (Phi) is 4.54. The van der Waals surface area contributed by atoms with Crippen LogP contribution in [0.1, 0.15) is 50.4 Å². The largest absolute Gasteiger partial charge is 0.313 e. The van der Waals surface area contributed by atoms with E-state index in [1.165, 1.54) is 27.7 Å². The molecule has 1 aromatic heterocycles. The number of rotatable bonds is 5. The number of hydrogen-bond acceptors (Lipinski definition) is 2. The van der Waals surface area contributed by atoms with Gasteiger partial charge in [0, 0.05) is 17.6 Å². The Morgan fingerprint density at radius 2 is 1.95 bits per heavy atom. The SMILES string of the molecule is CCNCc1cc(C(C)C)nc2c(CC)cccc12. The molecule has 2 heteroatoms. The Balaban J connectivity index is 2.63. The first-order chi connectivity index (χ1) is 9.17. The Morgan fingerprint density at radius 1 is 1.16 bits per heavy atom. The first kappa shape index (κ1) is 14.0. The Hall–Kier alpha value is -1.41. The molecule has 0 spiro atoms. The Morgan fingerprint density at radius 3 is 2.58 bits per heavy atom. The van der Waals surface area contributed by atoms with Gasteiger partial charge in [-0.05, 0) is 36.1 Å². The molecule has 0 saturated carbocycles. The van der Waals surface area contributed by atoms with Crippen molar-refractivity contribution in [2.24, 2.45) is 0 Å². The van der Waals surface area contributed by atoms with Gasteiger partial charge in [-0.3, -0.25) is 4.98 Å². The maximum atomic E-state index is 4.89. The van der Waals surface area contributed by atoms with Crippen LogP contribution in [0.15, 0.2) is 24.3 Å². The molecule has 0 fully saturated rings. The maximum absolute atomic E-state index is 4.89. The van der Waals surface area contributed by atoms with Crippen molar-refractivity contribution in [3.63, 3.8) is 0 Å². The molecule has 2 aromatic rings. The number of aryl methyl sites for hydroxylation is 1. The number of aromatic nitrogens is 1. The van der Waals surface area contributed by atoms with E-state index in [1.54, 1.807) is 0 Å². The second-order valence-corrected chi connectivity index (χ2v) is 5.31. The van der Waals surface area contributed by atoms with Crippen molar-refractivity contribution in [2.45, 2.75) is 46.6 Å². The molecule has 2 rings (SSSR count). The molecule has 0 amide bonds. The van der Waals surface area contributed by atoms with E-state index >= 15 is 0 Å². The summed E-state index contributed by atoms with van der Waals surface area (Å²) < 4.78 is 0. The summed E-state index contributed by atoms with van der Waals surface area (Å²) in [5.74, 6) is 0.467. The van der Waals surface area contributed by atoms with Crippen molar-refractivity contribution in [1.82, 2.24) is 10.3 Å². The van der Waals surface area contributed by atoms with Gasteiger partial charge in [0.2, 0.25) is 0 Å². The number of nitrogens with one attached hydrogen (secondary N) is 1. The summed E-state index contributed by atoms with van der Waals surface area (Å²) in [5, 5.41) is 4.73. The van der Waals surface area contributed by atoms with E-state index in [0.717, 1.165) is 19.5 Å². The average Bonchev–Trinajstić information content (AvgIpc) is 2.43. The van der Waals surface area contributed by atoms with Crippen molar-refractivity contribution < 1.29 is 0 Å². The molecular weight excluding hydrogens is 232 g/mol. The minimum atomic E-state index is 0.467. The van der Waals surface area contributed by atoms with Crippen LogP contribution < -0.4 is 5.32 Å². The molecule has 0 unspecified atom stereocenters. The molecule has 0 bridgehead atoms. The molecule has 1 aromatic carbocycles. The molecule has 1 heterocycles. The quantitative estimate of drug-likeness (QED) is 0.873. The van der Waals surface area contributed by atoms with E-state index in [9.17, 15) is 0 Å². The second kappa shape index (κ2) is 6.16. The highest BCUT2D eigenvalue weighted by Crippen LogP contribution is 2.25. The minimum Gasteiger partial charge on any atom is -0.313 e. The van der Waals surface area contributed by atoms with E-state index in [2.05, 4.69) is 57.3 Å². The number of pyridine rings is 1. The molecule has 0 saturated heterocycles. The number of para-hydroxylation sites is 1. The predicted octanol–water partition coefficient (Wildman–Crippen LogP) is 4.03. The standard InChI is InChI=1S/C17H24N2/c1-5-13-8-7-9-15-14(11-18-6-2)10-16(12(3)4)19-17(13)15/h7-10,12,18H,5-6,11H2,1-4H3. The van der Waals surface area contributed by atoms with Crippen LogP contribution in [0.5, 0.6) is 0 Å². The molecule has 102 valence electrons. The third-order valence-electron chi connectivity index (χ3n) is 3.57. The number of nitrogens with zero attached hydrogens (tertiary/aromatic N) is 1.